The third-order valence-corrected chi connectivity index (χ3v) is 5.50. The normalized spacial score (nSPS) is 16.5. The number of aromatic nitrogens is 1. The van der Waals surface area contributed by atoms with E-state index in [0.717, 1.165) is 0 Å². The van der Waals surface area contributed by atoms with E-state index in [0.29, 0.717) is 26.4 Å². The van der Waals surface area contributed by atoms with Crippen molar-refractivity contribution >= 4 is 23.4 Å². The highest BCUT2D eigenvalue weighted by Crippen LogP contribution is 2.30. The maximum atomic E-state index is 13.5. The first-order valence-electron chi connectivity index (χ1n) is 8.98. The summed E-state index contributed by atoms with van der Waals surface area (Å²) in [6, 6.07) is 8.42. The Hall–Kier alpha value is -3.26. The number of thiazole rings is 1. The molecule has 0 saturated carbocycles. The molecule has 0 saturated heterocycles. The Morgan fingerprint density at radius 2 is 2.10 bits per heavy atom. The maximum Gasteiger partial charge on any atom is 0.338 e. The highest BCUT2D eigenvalue weighted by atomic mass is 32.1. The molecule has 0 N–H and O–H groups in total. The molecular formula is C21H17FN2O4S. The van der Waals surface area contributed by atoms with Gasteiger partial charge in [0.2, 0.25) is 0 Å². The lowest BCUT2D eigenvalue weighted by atomic mass is 9.96. The van der Waals surface area contributed by atoms with Crippen LogP contribution in [0.1, 0.15) is 31.2 Å². The zero-order valence-electron chi connectivity index (χ0n) is 15.7. The molecule has 1 atom stereocenters. The molecule has 6 nitrogen and oxygen atoms in total. The summed E-state index contributed by atoms with van der Waals surface area (Å²) in [5.74, 6) is -0.421. The molecule has 3 heterocycles. The first kappa shape index (κ1) is 19.1. The maximum absolute atomic E-state index is 13.5. The van der Waals surface area contributed by atoms with Gasteiger partial charge in [-0.3, -0.25) is 9.36 Å². The van der Waals surface area contributed by atoms with Gasteiger partial charge in [0.1, 0.15) is 11.6 Å². The van der Waals surface area contributed by atoms with Crippen LogP contribution >= 0.6 is 11.3 Å². The Bertz CT molecular complexity index is 1270. The van der Waals surface area contributed by atoms with Crippen molar-refractivity contribution in [2.75, 3.05) is 6.61 Å². The quantitative estimate of drug-likeness (QED) is 0.618. The zero-order valence-corrected chi connectivity index (χ0v) is 16.5. The van der Waals surface area contributed by atoms with Crippen molar-refractivity contribution in [3.8, 4) is 0 Å². The average molecular weight is 412 g/mol. The van der Waals surface area contributed by atoms with E-state index in [4.69, 9.17) is 9.15 Å². The fourth-order valence-corrected chi connectivity index (χ4v) is 4.28. The van der Waals surface area contributed by atoms with Crippen LogP contribution in [0.4, 0.5) is 4.39 Å². The lowest BCUT2D eigenvalue weighted by Crippen LogP contribution is -2.39. The monoisotopic (exact) mass is 412 g/mol. The van der Waals surface area contributed by atoms with Gasteiger partial charge in [-0.05, 0) is 43.7 Å². The zero-order chi connectivity index (χ0) is 20.5. The number of allylic oxidation sites excluding steroid dienone is 1. The first-order chi connectivity index (χ1) is 14.0. The van der Waals surface area contributed by atoms with E-state index >= 15 is 0 Å². The molecule has 4 rings (SSSR count). The third kappa shape index (κ3) is 3.47. The number of hydrogen-bond donors (Lipinski definition) is 0. The largest absolute Gasteiger partial charge is 0.465 e. The van der Waals surface area contributed by atoms with Gasteiger partial charge in [0, 0.05) is 6.08 Å². The van der Waals surface area contributed by atoms with E-state index in [1.54, 1.807) is 44.2 Å². The van der Waals surface area contributed by atoms with E-state index in [9.17, 15) is 14.0 Å². The van der Waals surface area contributed by atoms with Crippen LogP contribution in [0.2, 0.25) is 0 Å². The van der Waals surface area contributed by atoms with Crippen LogP contribution in [-0.4, -0.2) is 17.1 Å². The van der Waals surface area contributed by atoms with Gasteiger partial charge in [0.25, 0.3) is 5.56 Å². The van der Waals surface area contributed by atoms with Crippen molar-refractivity contribution in [2.45, 2.75) is 19.9 Å². The van der Waals surface area contributed by atoms with Crippen molar-refractivity contribution in [3.63, 3.8) is 0 Å². The summed E-state index contributed by atoms with van der Waals surface area (Å²) >= 11 is 1.20. The number of fused-ring (bicyclic) bond motifs is 1. The Kier molecular flexibility index (Phi) is 5.02. The number of carbonyl (C=O) groups excluding carboxylic acids is 1. The van der Waals surface area contributed by atoms with Gasteiger partial charge in [0.15, 0.2) is 4.80 Å². The Morgan fingerprint density at radius 3 is 2.76 bits per heavy atom. The Balaban J connectivity index is 1.97. The summed E-state index contributed by atoms with van der Waals surface area (Å²) in [4.78, 5) is 30.8. The smallest absolute Gasteiger partial charge is 0.338 e. The van der Waals surface area contributed by atoms with Crippen LogP contribution in [0, 0.1) is 5.82 Å². The van der Waals surface area contributed by atoms with Crippen LogP contribution in [0.3, 0.4) is 0 Å². The highest BCUT2D eigenvalue weighted by molar-refractivity contribution is 7.07. The molecule has 2 aromatic heterocycles. The number of rotatable bonds is 4. The molecule has 29 heavy (non-hydrogen) atoms. The number of esters is 1. The second kappa shape index (κ2) is 7.63. The number of nitrogens with zero attached hydrogens (tertiary/aromatic N) is 2. The van der Waals surface area contributed by atoms with Gasteiger partial charge in [-0.1, -0.05) is 23.5 Å². The number of hydrogen-bond acceptors (Lipinski definition) is 6. The fourth-order valence-electron chi connectivity index (χ4n) is 3.25. The topological polar surface area (TPSA) is 73.8 Å². The van der Waals surface area contributed by atoms with E-state index in [-0.39, 0.29) is 17.7 Å². The predicted octanol–water partition coefficient (Wildman–Crippen LogP) is 2.53. The minimum absolute atomic E-state index is 0.189. The van der Waals surface area contributed by atoms with E-state index in [2.05, 4.69) is 4.99 Å². The summed E-state index contributed by atoms with van der Waals surface area (Å²) in [6.45, 7) is 3.60. The summed E-state index contributed by atoms with van der Waals surface area (Å²) < 4.78 is 25.9. The SMILES string of the molecule is CCOC(=O)C1=C(C)N=c2s/c(=C\c3ccco3)c(=O)n2[C@H]1c1ccc(F)cc1. The number of benzene rings is 1. The molecule has 0 aliphatic carbocycles. The predicted molar refractivity (Wildman–Crippen MR) is 106 cm³/mol. The van der Waals surface area contributed by atoms with E-state index in [1.165, 1.54) is 34.3 Å². The lowest BCUT2D eigenvalue weighted by Gasteiger charge is -2.24. The van der Waals surface area contributed by atoms with Gasteiger partial charge in [-0.2, -0.15) is 0 Å². The van der Waals surface area contributed by atoms with Gasteiger partial charge < -0.3 is 9.15 Å². The highest BCUT2D eigenvalue weighted by Gasteiger charge is 2.33. The van der Waals surface area contributed by atoms with Crippen molar-refractivity contribution in [2.24, 2.45) is 4.99 Å². The second-order valence-electron chi connectivity index (χ2n) is 6.37. The number of halogens is 1. The molecule has 0 amide bonds. The van der Waals surface area contributed by atoms with Crippen LogP contribution in [0.25, 0.3) is 6.08 Å². The Morgan fingerprint density at radius 1 is 1.34 bits per heavy atom. The van der Waals surface area contributed by atoms with E-state index < -0.39 is 17.8 Å². The molecule has 3 aromatic rings. The van der Waals surface area contributed by atoms with Crippen LogP contribution in [0.15, 0.2) is 68.1 Å². The van der Waals surface area contributed by atoms with Crippen LogP contribution < -0.4 is 14.9 Å². The van der Waals surface area contributed by atoms with Gasteiger partial charge >= 0.3 is 5.97 Å². The van der Waals surface area contributed by atoms with Crippen molar-refractivity contribution in [1.29, 1.82) is 0 Å². The molecule has 0 radical (unpaired) electrons. The van der Waals surface area contributed by atoms with Crippen LogP contribution in [0.5, 0.6) is 0 Å². The Labute approximate surface area is 168 Å². The summed E-state index contributed by atoms with van der Waals surface area (Å²) in [5, 5.41) is 0. The van der Waals surface area contributed by atoms with Gasteiger partial charge in [0.05, 0.1) is 34.7 Å². The third-order valence-electron chi connectivity index (χ3n) is 4.52. The van der Waals surface area contributed by atoms with Crippen molar-refractivity contribution < 1.29 is 18.3 Å². The summed E-state index contributed by atoms with van der Waals surface area (Å²) in [7, 11) is 0. The molecule has 0 bridgehead atoms. The average Bonchev–Trinajstić information content (AvgIpc) is 3.30. The summed E-state index contributed by atoms with van der Waals surface area (Å²) in [5.41, 5.74) is 1.00. The number of furan rings is 1. The first-order valence-corrected chi connectivity index (χ1v) is 9.80. The molecule has 148 valence electrons. The van der Waals surface area contributed by atoms with Gasteiger partial charge in [-0.15, -0.1) is 0 Å². The lowest BCUT2D eigenvalue weighted by molar-refractivity contribution is -0.139. The number of ether oxygens (including phenoxy) is 1. The number of carbonyl (C=O) groups is 1. The second-order valence-corrected chi connectivity index (χ2v) is 7.38. The van der Waals surface area contributed by atoms with Crippen molar-refractivity contribution in [1.82, 2.24) is 4.57 Å². The molecular weight excluding hydrogens is 395 g/mol. The van der Waals surface area contributed by atoms with Crippen LogP contribution in [-0.2, 0) is 9.53 Å². The molecule has 1 aliphatic rings. The molecule has 1 aromatic carbocycles. The minimum Gasteiger partial charge on any atom is -0.465 e. The molecule has 1 aliphatic heterocycles. The van der Waals surface area contributed by atoms with Gasteiger partial charge in [-0.25, -0.2) is 14.2 Å². The summed E-state index contributed by atoms with van der Waals surface area (Å²) in [6.07, 6.45) is 3.15. The minimum atomic E-state index is -0.760. The molecule has 0 spiro atoms. The standard InChI is InChI=1S/C21H17FN2O4S/c1-3-27-20(26)17-12(2)23-21-24(18(17)13-6-8-14(22)9-7-13)19(25)16(29-21)11-15-5-4-10-28-15/h4-11,18H,3H2,1-2H3/b16-11-/t18-/m0/s1. The van der Waals surface area contributed by atoms with Crippen molar-refractivity contribution in [3.05, 3.63) is 90.8 Å². The van der Waals surface area contributed by atoms with E-state index in [1.807, 2.05) is 0 Å². The fraction of sp³-hybridized carbons (Fsp3) is 0.190. The molecule has 8 heteroatoms. The molecule has 0 fully saturated rings. The molecule has 0 unspecified atom stereocenters.